The molecule has 0 heterocycles. The monoisotopic (exact) mass is 232 g/mol. The lowest BCUT2D eigenvalue weighted by atomic mass is 10.5. The molecule has 0 saturated carbocycles. The van der Waals surface area contributed by atoms with E-state index >= 15 is 0 Å². The fourth-order valence-corrected chi connectivity index (χ4v) is 1.15. The van der Waals surface area contributed by atoms with Crippen LogP contribution in [0.4, 0.5) is 9.59 Å². The molecule has 0 unspecified atom stereocenters. The molecule has 0 aromatic carbocycles. The first-order valence-electron chi connectivity index (χ1n) is 4.56. The summed E-state index contributed by atoms with van der Waals surface area (Å²) in [7, 11) is -1.98. The highest BCUT2D eigenvalue weighted by atomic mass is 28.4. The summed E-state index contributed by atoms with van der Waals surface area (Å²) < 4.78 is 9.56. The van der Waals surface area contributed by atoms with E-state index < -0.39 is 20.5 Å². The Morgan fingerprint density at radius 1 is 1.07 bits per heavy atom. The van der Waals surface area contributed by atoms with Gasteiger partial charge in [-0.25, -0.2) is 9.59 Å². The van der Waals surface area contributed by atoms with Crippen molar-refractivity contribution in [3.05, 3.63) is 0 Å². The average Bonchev–Trinajstić information content (AvgIpc) is 1.96. The molecule has 0 aromatic rings. The highest BCUT2D eigenvalue weighted by Crippen LogP contribution is 2.04. The van der Waals surface area contributed by atoms with Gasteiger partial charge in [-0.05, 0) is 33.5 Å². The summed E-state index contributed by atoms with van der Waals surface area (Å²) >= 11 is 0. The fraction of sp³-hybridized carbons (Fsp3) is 0.750. The summed E-state index contributed by atoms with van der Waals surface area (Å²) in [6.45, 7) is 8.83. The van der Waals surface area contributed by atoms with E-state index in [0.717, 1.165) is 0 Å². The van der Waals surface area contributed by atoms with Gasteiger partial charge in [0.25, 0.3) is 0 Å². The minimum atomic E-state index is -1.98. The predicted molar refractivity (Wildman–Crippen MR) is 56.3 cm³/mol. The van der Waals surface area contributed by atoms with Crippen molar-refractivity contribution in [1.82, 2.24) is 0 Å². The quantitative estimate of drug-likeness (QED) is 0.541. The lowest BCUT2D eigenvalue weighted by Crippen LogP contribution is -2.27. The first-order valence-corrected chi connectivity index (χ1v) is 7.97. The van der Waals surface area contributed by atoms with Gasteiger partial charge < -0.3 is 9.16 Å². The number of azo groups is 1. The summed E-state index contributed by atoms with van der Waals surface area (Å²) in [5.41, 5.74) is 0. The second-order valence-electron chi connectivity index (χ2n) is 4.11. The lowest BCUT2D eigenvalue weighted by molar-refractivity contribution is 0.123. The van der Waals surface area contributed by atoms with Gasteiger partial charge in [0.2, 0.25) is 8.32 Å². The van der Waals surface area contributed by atoms with Crippen LogP contribution >= 0.6 is 0 Å². The van der Waals surface area contributed by atoms with Gasteiger partial charge in [-0.3, -0.25) is 0 Å². The van der Waals surface area contributed by atoms with Crippen LogP contribution in [-0.4, -0.2) is 26.6 Å². The van der Waals surface area contributed by atoms with Crippen molar-refractivity contribution in [3.63, 3.8) is 0 Å². The zero-order valence-corrected chi connectivity index (χ0v) is 10.6. The Morgan fingerprint density at radius 3 is 1.93 bits per heavy atom. The SMILES string of the molecule is CC(C)OC(=O)N=NC(=O)O[Si](C)(C)C. The maximum absolute atomic E-state index is 11.0. The van der Waals surface area contributed by atoms with Crippen LogP contribution in [0, 0.1) is 0 Å². The fourth-order valence-electron chi connectivity index (χ4n) is 0.589. The van der Waals surface area contributed by atoms with E-state index in [1.54, 1.807) is 13.8 Å². The number of hydrogen-bond acceptors (Lipinski definition) is 4. The van der Waals surface area contributed by atoms with Gasteiger partial charge >= 0.3 is 12.2 Å². The van der Waals surface area contributed by atoms with Crippen molar-refractivity contribution in [2.75, 3.05) is 0 Å². The topological polar surface area (TPSA) is 77.3 Å². The van der Waals surface area contributed by atoms with E-state index in [2.05, 4.69) is 15.0 Å². The van der Waals surface area contributed by atoms with Crippen molar-refractivity contribution >= 4 is 20.5 Å². The minimum absolute atomic E-state index is 0.288. The van der Waals surface area contributed by atoms with Gasteiger partial charge in [0.1, 0.15) is 0 Å². The minimum Gasteiger partial charge on any atom is -0.502 e. The molecule has 6 nitrogen and oxygen atoms in total. The van der Waals surface area contributed by atoms with Crippen LogP contribution in [0.1, 0.15) is 13.8 Å². The zero-order chi connectivity index (χ0) is 12.1. The molecule has 0 aromatic heterocycles. The molecule has 0 rings (SSSR count). The third-order valence-corrected chi connectivity index (χ3v) is 1.73. The number of rotatable bonds is 2. The molecule has 0 aliphatic rings. The maximum atomic E-state index is 11.0. The van der Waals surface area contributed by atoms with E-state index in [1.165, 1.54) is 0 Å². The smallest absolute Gasteiger partial charge is 0.452 e. The van der Waals surface area contributed by atoms with Gasteiger partial charge in [-0.15, -0.1) is 0 Å². The molecule has 0 radical (unpaired) electrons. The normalized spacial score (nSPS) is 11.9. The van der Waals surface area contributed by atoms with Crippen LogP contribution < -0.4 is 0 Å². The Kier molecular flexibility index (Phi) is 5.13. The second-order valence-corrected chi connectivity index (χ2v) is 8.54. The molecule has 7 heteroatoms. The first kappa shape index (κ1) is 13.8. The average molecular weight is 232 g/mol. The van der Waals surface area contributed by atoms with Crippen LogP contribution in [0.5, 0.6) is 0 Å². The Balaban J connectivity index is 4.07. The van der Waals surface area contributed by atoms with Gasteiger partial charge in [0, 0.05) is 0 Å². The Bertz CT molecular complexity index is 270. The molecule has 0 aliphatic carbocycles. The predicted octanol–water partition coefficient (Wildman–Crippen LogP) is 2.96. The van der Waals surface area contributed by atoms with E-state index in [1.807, 2.05) is 19.6 Å². The maximum Gasteiger partial charge on any atom is 0.452 e. The summed E-state index contributed by atoms with van der Waals surface area (Å²) in [6.07, 6.45) is -2.03. The standard InChI is InChI=1S/C8H16N2O4Si/c1-6(2)13-7(11)9-10-8(12)14-15(3,4)5/h6H,1-5H3. The zero-order valence-electron chi connectivity index (χ0n) is 9.60. The molecular weight excluding hydrogens is 216 g/mol. The van der Waals surface area contributed by atoms with E-state index in [4.69, 9.17) is 4.43 Å². The van der Waals surface area contributed by atoms with Crippen molar-refractivity contribution in [2.45, 2.75) is 39.6 Å². The van der Waals surface area contributed by atoms with Gasteiger partial charge in [0.15, 0.2) is 0 Å². The van der Waals surface area contributed by atoms with Crippen molar-refractivity contribution < 1.29 is 18.8 Å². The number of ether oxygens (including phenoxy) is 1. The second kappa shape index (κ2) is 5.59. The molecular formula is C8H16N2O4Si. The highest BCUT2D eigenvalue weighted by molar-refractivity contribution is 6.71. The molecule has 0 aliphatic heterocycles. The van der Waals surface area contributed by atoms with Crippen LogP contribution in [0.25, 0.3) is 0 Å². The van der Waals surface area contributed by atoms with Crippen LogP contribution in [0.3, 0.4) is 0 Å². The number of hydrogen-bond donors (Lipinski definition) is 0. The molecule has 0 spiro atoms. The summed E-state index contributed by atoms with van der Waals surface area (Å²) in [5, 5.41) is 6.15. The number of amides is 2. The Labute approximate surface area is 89.8 Å². The largest absolute Gasteiger partial charge is 0.502 e. The lowest BCUT2D eigenvalue weighted by Gasteiger charge is -2.13. The van der Waals surface area contributed by atoms with E-state index in [-0.39, 0.29) is 6.10 Å². The van der Waals surface area contributed by atoms with E-state index in [9.17, 15) is 9.59 Å². The number of carbonyl (C=O) groups excluding carboxylic acids is 2. The van der Waals surface area contributed by atoms with Crippen molar-refractivity contribution in [2.24, 2.45) is 10.2 Å². The van der Waals surface area contributed by atoms with Crippen molar-refractivity contribution in [1.29, 1.82) is 0 Å². The molecule has 86 valence electrons. The third kappa shape index (κ3) is 9.07. The Hall–Kier alpha value is -1.24. The van der Waals surface area contributed by atoms with Crippen LogP contribution in [-0.2, 0) is 9.16 Å². The molecule has 0 bridgehead atoms. The third-order valence-electron chi connectivity index (χ3n) is 0.943. The summed E-state index contributed by atoms with van der Waals surface area (Å²) in [4.78, 5) is 21.8. The summed E-state index contributed by atoms with van der Waals surface area (Å²) in [6, 6.07) is 0. The van der Waals surface area contributed by atoms with E-state index in [0.29, 0.717) is 0 Å². The van der Waals surface area contributed by atoms with Crippen LogP contribution in [0.2, 0.25) is 19.6 Å². The highest BCUT2D eigenvalue weighted by Gasteiger charge is 2.19. The van der Waals surface area contributed by atoms with Gasteiger partial charge in [0.05, 0.1) is 6.10 Å². The van der Waals surface area contributed by atoms with Crippen LogP contribution in [0.15, 0.2) is 10.2 Å². The molecule has 0 atom stereocenters. The Morgan fingerprint density at radius 2 is 1.53 bits per heavy atom. The number of nitrogens with zero attached hydrogens (tertiary/aromatic N) is 2. The van der Waals surface area contributed by atoms with Crippen molar-refractivity contribution in [3.8, 4) is 0 Å². The van der Waals surface area contributed by atoms with Gasteiger partial charge in [-0.2, -0.15) is 0 Å². The molecule has 2 amide bonds. The summed E-state index contributed by atoms with van der Waals surface area (Å²) in [5.74, 6) is 0. The first-order chi connectivity index (χ1) is 6.70. The molecule has 15 heavy (non-hydrogen) atoms. The molecule has 0 fully saturated rings. The molecule has 0 N–H and O–H groups in total. The number of carbonyl (C=O) groups is 2. The molecule has 0 saturated heterocycles. The van der Waals surface area contributed by atoms with Gasteiger partial charge in [-0.1, -0.05) is 10.2 Å².